The summed E-state index contributed by atoms with van der Waals surface area (Å²) >= 11 is 0. The molecule has 0 spiro atoms. The second kappa shape index (κ2) is 6.51. The Morgan fingerprint density at radius 1 is 0.600 bits per heavy atom. The van der Waals surface area contributed by atoms with Gasteiger partial charge in [0.2, 0.25) is 0 Å². The lowest BCUT2D eigenvalue weighted by atomic mass is 9.31. The van der Waals surface area contributed by atoms with Crippen LogP contribution in [0, 0.1) is 56.7 Å². The highest BCUT2D eigenvalue weighted by Gasteiger charge is 2.69. The van der Waals surface area contributed by atoms with E-state index in [4.69, 9.17) is 0 Å². The number of hydrogen-bond acceptors (Lipinski definition) is 1. The van der Waals surface area contributed by atoms with Crippen LogP contribution in [0.15, 0.2) is 0 Å². The van der Waals surface area contributed by atoms with Gasteiger partial charge in [-0.2, -0.15) is 0 Å². The highest BCUT2D eigenvalue weighted by molar-refractivity contribution is 5.18. The van der Waals surface area contributed by atoms with Gasteiger partial charge in [0.15, 0.2) is 0 Å². The highest BCUT2D eigenvalue weighted by atomic mass is 16.3. The normalized spacial score (nSPS) is 60.0. The van der Waals surface area contributed by atoms with E-state index in [1.807, 2.05) is 0 Å². The summed E-state index contributed by atoms with van der Waals surface area (Å²) in [6.07, 6.45) is 15.2. The molecule has 0 aromatic heterocycles. The molecule has 172 valence electrons. The minimum absolute atomic E-state index is 0.0572. The summed E-state index contributed by atoms with van der Waals surface area (Å²) < 4.78 is 0. The van der Waals surface area contributed by atoms with Gasteiger partial charge in [-0.1, -0.05) is 54.9 Å². The molecule has 0 heterocycles. The molecule has 0 radical (unpaired) electrons. The van der Waals surface area contributed by atoms with Gasteiger partial charge in [-0.3, -0.25) is 0 Å². The number of aliphatic hydroxyl groups is 1. The quantitative estimate of drug-likeness (QED) is 0.427. The maximum absolute atomic E-state index is 10.6. The SMILES string of the molecule is C[C@H]1[C@@H](O)CC[C@]2(C)[C@H]3CC[C@@H]4[C@@]5(C)CCCC(C)(C)[C@@H]5CC[C@@]4(C)[C@]3(C)CC[C@@H]12. The lowest BCUT2D eigenvalue weighted by molar-refractivity contribution is -0.254. The third-order valence-corrected chi connectivity index (χ3v) is 13.4. The number of fused-ring (bicyclic) bond motifs is 7. The monoisotopic (exact) mass is 414 g/mol. The molecule has 0 aromatic carbocycles. The smallest absolute Gasteiger partial charge is 0.0568 e. The third kappa shape index (κ3) is 2.51. The number of rotatable bonds is 0. The Morgan fingerprint density at radius 3 is 1.87 bits per heavy atom. The van der Waals surface area contributed by atoms with Gasteiger partial charge in [-0.15, -0.1) is 0 Å². The van der Waals surface area contributed by atoms with Crippen LogP contribution in [0.3, 0.4) is 0 Å². The van der Waals surface area contributed by atoms with Crippen LogP contribution in [0.1, 0.15) is 119 Å². The Hall–Kier alpha value is -0.0400. The van der Waals surface area contributed by atoms with E-state index in [1.54, 1.807) is 0 Å². The fourth-order valence-corrected chi connectivity index (χ4v) is 11.8. The molecule has 5 rings (SSSR count). The summed E-state index contributed by atoms with van der Waals surface area (Å²) in [4.78, 5) is 0. The molecule has 0 aliphatic heterocycles. The molecule has 0 bridgehead atoms. The van der Waals surface area contributed by atoms with Crippen molar-refractivity contribution in [2.24, 2.45) is 56.7 Å². The fraction of sp³-hybridized carbons (Fsp3) is 1.00. The Kier molecular flexibility index (Phi) is 4.73. The van der Waals surface area contributed by atoms with Crippen LogP contribution in [0.4, 0.5) is 0 Å². The van der Waals surface area contributed by atoms with Gasteiger partial charge < -0.3 is 5.11 Å². The summed E-state index contributed by atoms with van der Waals surface area (Å²) in [6, 6.07) is 0. The summed E-state index contributed by atoms with van der Waals surface area (Å²) in [7, 11) is 0. The van der Waals surface area contributed by atoms with Crippen molar-refractivity contribution in [1.29, 1.82) is 0 Å². The van der Waals surface area contributed by atoms with E-state index in [9.17, 15) is 5.11 Å². The zero-order chi connectivity index (χ0) is 21.7. The first-order valence-corrected chi connectivity index (χ1v) is 13.6. The standard InChI is InChI=1S/C29H50O/c1-19-20-11-17-28(6)23(26(20,4)16-12-21(19)30)9-10-24-27(5)15-8-14-25(2,3)22(27)13-18-29(24,28)7/h19-24,30H,8-18H2,1-7H3/t19-,20+,21+,22+,23-,24-,26+,27+,28-,29-/m1/s1. The van der Waals surface area contributed by atoms with Gasteiger partial charge in [0, 0.05) is 0 Å². The summed E-state index contributed by atoms with van der Waals surface area (Å²) in [5, 5.41) is 10.6. The first kappa shape index (κ1) is 21.8. The van der Waals surface area contributed by atoms with E-state index in [0.29, 0.717) is 33.0 Å². The zero-order valence-electron chi connectivity index (χ0n) is 21.2. The van der Waals surface area contributed by atoms with Crippen molar-refractivity contribution in [3.63, 3.8) is 0 Å². The van der Waals surface area contributed by atoms with E-state index in [0.717, 1.165) is 30.1 Å². The van der Waals surface area contributed by atoms with E-state index < -0.39 is 0 Å². The van der Waals surface area contributed by atoms with Crippen molar-refractivity contribution in [3.05, 3.63) is 0 Å². The van der Waals surface area contributed by atoms with Gasteiger partial charge in [-0.25, -0.2) is 0 Å². The van der Waals surface area contributed by atoms with Crippen molar-refractivity contribution in [2.75, 3.05) is 0 Å². The molecule has 5 aliphatic carbocycles. The maximum Gasteiger partial charge on any atom is 0.0568 e. The van der Waals surface area contributed by atoms with Gasteiger partial charge in [0.25, 0.3) is 0 Å². The van der Waals surface area contributed by atoms with Crippen LogP contribution in [-0.2, 0) is 0 Å². The molecule has 5 aliphatic rings. The van der Waals surface area contributed by atoms with Crippen LogP contribution in [-0.4, -0.2) is 11.2 Å². The first-order chi connectivity index (χ1) is 13.9. The molecule has 5 saturated carbocycles. The second-order valence-corrected chi connectivity index (χ2v) is 14.6. The van der Waals surface area contributed by atoms with Gasteiger partial charge in [-0.05, 0) is 121 Å². The molecule has 1 heteroatoms. The van der Waals surface area contributed by atoms with E-state index in [2.05, 4.69) is 48.5 Å². The van der Waals surface area contributed by atoms with Crippen molar-refractivity contribution >= 4 is 0 Å². The Bertz CT molecular complexity index is 696. The van der Waals surface area contributed by atoms with Crippen molar-refractivity contribution in [3.8, 4) is 0 Å². The van der Waals surface area contributed by atoms with Crippen LogP contribution in [0.5, 0.6) is 0 Å². The summed E-state index contributed by atoms with van der Waals surface area (Å²) in [5.41, 5.74) is 2.52. The molecule has 0 unspecified atom stereocenters. The van der Waals surface area contributed by atoms with Crippen LogP contribution in [0.25, 0.3) is 0 Å². The molecule has 0 amide bonds. The maximum atomic E-state index is 10.6. The first-order valence-electron chi connectivity index (χ1n) is 13.6. The third-order valence-electron chi connectivity index (χ3n) is 13.4. The molecule has 1 N–H and O–H groups in total. The molecule has 1 nitrogen and oxygen atoms in total. The van der Waals surface area contributed by atoms with Gasteiger partial charge >= 0.3 is 0 Å². The van der Waals surface area contributed by atoms with Crippen LogP contribution < -0.4 is 0 Å². The Morgan fingerprint density at radius 2 is 1.20 bits per heavy atom. The minimum atomic E-state index is -0.0572. The zero-order valence-corrected chi connectivity index (χ0v) is 21.2. The molecule has 0 saturated heterocycles. The fourth-order valence-electron chi connectivity index (χ4n) is 11.8. The van der Waals surface area contributed by atoms with E-state index in [1.165, 1.54) is 64.2 Å². The van der Waals surface area contributed by atoms with Crippen molar-refractivity contribution in [2.45, 2.75) is 125 Å². The predicted octanol–water partition coefficient (Wildman–Crippen LogP) is 7.86. The number of hydrogen-bond donors (Lipinski definition) is 1. The van der Waals surface area contributed by atoms with Crippen LogP contribution >= 0.6 is 0 Å². The molecular weight excluding hydrogens is 364 g/mol. The Labute approximate surface area is 187 Å². The summed E-state index contributed by atoms with van der Waals surface area (Å²) in [6.45, 7) is 18.4. The summed E-state index contributed by atoms with van der Waals surface area (Å²) in [5.74, 6) is 3.92. The molecule has 5 fully saturated rings. The highest BCUT2D eigenvalue weighted by Crippen LogP contribution is 2.77. The average Bonchev–Trinajstić information content (AvgIpc) is 2.65. The van der Waals surface area contributed by atoms with Gasteiger partial charge in [0.1, 0.15) is 0 Å². The van der Waals surface area contributed by atoms with Crippen LogP contribution in [0.2, 0.25) is 0 Å². The van der Waals surface area contributed by atoms with E-state index >= 15 is 0 Å². The Balaban J connectivity index is 1.53. The van der Waals surface area contributed by atoms with Crippen molar-refractivity contribution < 1.29 is 5.11 Å². The molecule has 30 heavy (non-hydrogen) atoms. The number of aliphatic hydroxyl groups excluding tert-OH is 1. The topological polar surface area (TPSA) is 20.2 Å². The van der Waals surface area contributed by atoms with Gasteiger partial charge in [0.05, 0.1) is 6.10 Å². The molecular formula is C29H50O. The predicted molar refractivity (Wildman–Crippen MR) is 126 cm³/mol. The van der Waals surface area contributed by atoms with Crippen molar-refractivity contribution in [1.82, 2.24) is 0 Å². The lowest BCUT2D eigenvalue weighted by Crippen LogP contribution is -2.67. The largest absolute Gasteiger partial charge is 0.393 e. The minimum Gasteiger partial charge on any atom is -0.393 e. The van der Waals surface area contributed by atoms with E-state index in [-0.39, 0.29) is 6.10 Å². The average molecular weight is 415 g/mol. The second-order valence-electron chi connectivity index (χ2n) is 14.6. The molecule has 10 atom stereocenters. The molecule has 0 aromatic rings. The lowest BCUT2D eigenvalue weighted by Gasteiger charge is -2.74.